The Balaban J connectivity index is 1.67. The molecule has 2 saturated heterocycles. The van der Waals surface area contributed by atoms with E-state index in [1.165, 1.54) is 0 Å². The van der Waals surface area contributed by atoms with Crippen molar-refractivity contribution < 1.29 is 4.79 Å². The number of nitrogens with zero attached hydrogens (tertiary/aromatic N) is 4. The van der Waals surface area contributed by atoms with Gasteiger partial charge in [0.15, 0.2) is 0 Å². The lowest BCUT2D eigenvalue weighted by atomic mass is 9.86. The molecule has 2 fully saturated rings. The molecule has 1 spiro atoms. The number of rotatable bonds is 3. The van der Waals surface area contributed by atoms with Crippen LogP contribution in [0.1, 0.15) is 18.7 Å². The average Bonchev–Trinajstić information content (AvgIpc) is 3.14. The van der Waals surface area contributed by atoms with Gasteiger partial charge in [0.25, 0.3) is 0 Å². The van der Waals surface area contributed by atoms with Crippen LogP contribution in [0.25, 0.3) is 0 Å². The van der Waals surface area contributed by atoms with E-state index in [0.29, 0.717) is 13.2 Å². The molecule has 1 amide bonds. The third kappa shape index (κ3) is 2.38. The molecule has 0 bridgehead atoms. The summed E-state index contributed by atoms with van der Waals surface area (Å²) in [7, 11) is 1.97. The van der Waals surface area contributed by atoms with E-state index in [0.717, 1.165) is 37.4 Å². The van der Waals surface area contributed by atoms with Gasteiger partial charge in [-0.1, -0.05) is 18.2 Å². The Kier molecular flexibility index (Phi) is 3.76. The topological polar surface area (TPSA) is 53.4 Å². The molecule has 24 heavy (non-hydrogen) atoms. The Bertz CT molecular complexity index is 720. The van der Waals surface area contributed by atoms with Crippen molar-refractivity contribution in [3.63, 3.8) is 0 Å². The Labute approximate surface area is 142 Å². The molecule has 6 nitrogen and oxygen atoms in total. The number of benzene rings is 1. The minimum atomic E-state index is -0.419. The number of carbonyl (C=O) groups is 1. The predicted molar refractivity (Wildman–Crippen MR) is 92.4 cm³/mol. The first-order valence-electron chi connectivity index (χ1n) is 8.50. The summed E-state index contributed by atoms with van der Waals surface area (Å²) in [5, 5.41) is 3.38. The fraction of sp³-hybridized carbons (Fsp3) is 0.444. The molecule has 2 aliphatic rings. The maximum atomic E-state index is 13.3. The van der Waals surface area contributed by atoms with Gasteiger partial charge in [-0.25, -0.2) is 4.98 Å². The first-order chi connectivity index (χ1) is 11.7. The molecule has 6 heteroatoms. The lowest BCUT2D eigenvalue weighted by Crippen LogP contribution is -2.55. The number of nitrogens with one attached hydrogen (secondary N) is 1. The summed E-state index contributed by atoms with van der Waals surface area (Å²) < 4.78 is 1.98. The Morgan fingerprint density at radius 1 is 1.21 bits per heavy atom. The number of para-hydroxylation sites is 1. The zero-order chi connectivity index (χ0) is 16.6. The first-order valence-corrected chi connectivity index (χ1v) is 8.50. The Hall–Kier alpha value is -2.34. The molecule has 0 atom stereocenters. The van der Waals surface area contributed by atoms with Crippen molar-refractivity contribution in [3.05, 3.63) is 48.5 Å². The minimum absolute atomic E-state index is 0.232. The van der Waals surface area contributed by atoms with Crippen LogP contribution in [0.3, 0.4) is 0 Å². The second kappa shape index (κ2) is 5.94. The standard InChI is InChI=1S/C18H23N5O/c1-21-12-11-20-16(21)13-22-14-23(15-5-3-2-4-6-15)18(17(22)24)7-9-19-10-8-18/h2-6,11-12,19H,7-10,13-14H2,1H3. The van der Waals surface area contributed by atoms with Gasteiger partial charge in [-0.3, -0.25) is 4.79 Å². The molecule has 2 aromatic rings. The number of imidazole rings is 1. The second-order valence-electron chi connectivity index (χ2n) is 6.64. The summed E-state index contributed by atoms with van der Waals surface area (Å²) in [6, 6.07) is 10.3. The highest BCUT2D eigenvalue weighted by molar-refractivity contribution is 5.93. The predicted octanol–water partition coefficient (Wildman–Crippen LogP) is 1.35. The molecule has 0 aliphatic carbocycles. The third-order valence-corrected chi connectivity index (χ3v) is 5.27. The van der Waals surface area contributed by atoms with Crippen LogP contribution < -0.4 is 10.2 Å². The van der Waals surface area contributed by atoms with Crippen LogP contribution in [-0.4, -0.2) is 45.7 Å². The van der Waals surface area contributed by atoms with Crippen molar-refractivity contribution in [2.75, 3.05) is 24.7 Å². The smallest absolute Gasteiger partial charge is 0.250 e. The van der Waals surface area contributed by atoms with Crippen LogP contribution >= 0.6 is 0 Å². The van der Waals surface area contributed by atoms with Crippen LogP contribution in [0.4, 0.5) is 5.69 Å². The summed E-state index contributed by atoms with van der Waals surface area (Å²) in [5.41, 5.74) is 0.702. The number of aryl methyl sites for hydroxylation is 1. The second-order valence-corrected chi connectivity index (χ2v) is 6.64. The van der Waals surface area contributed by atoms with Crippen molar-refractivity contribution in [2.45, 2.75) is 24.9 Å². The van der Waals surface area contributed by atoms with Crippen LogP contribution in [0.2, 0.25) is 0 Å². The Morgan fingerprint density at radius 3 is 2.62 bits per heavy atom. The van der Waals surface area contributed by atoms with E-state index in [9.17, 15) is 4.79 Å². The monoisotopic (exact) mass is 325 g/mol. The van der Waals surface area contributed by atoms with E-state index in [1.807, 2.05) is 40.9 Å². The Morgan fingerprint density at radius 2 is 1.96 bits per heavy atom. The van der Waals surface area contributed by atoms with Gasteiger partial charge in [-0.05, 0) is 38.1 Å². The summed E-state index contributed by atoms with van der Waals surface area (Å²) in [6.45, 7) is 2.94. The highest BCUT2D eigenvalue weighted by Gasteiger charge is 2.52. The van der Waals surface area contributed by atoms with E-state index in [2.05, 4.69) is 27.3 Å². The van der Waals surface area contributed by atoms with E-state index in [4.69, 9.17) is 0 Å². The minimum Gasteiger partial charge on any atom is -0.339 e. The SMILES string of the molecule is Cn1ccnc1CN1CN(c2ccccc2)C2(CCNCC2)C1=O. The van der Waals surface area contributed by atoms with E-state index in [1.54, 1.807) is 6.20 Å². The van der Waals surface area contributed by atoms with Crippen molar-refractivity contribution in [1.29, 1.82) is 0 Å². The molecule has 4 rings (SSSR count). The zero-order valence-corrected chi connectivity index (χ0v) is 14.0. The number of hydrogen-bond donors (Lipinski definition) is 1. The molecule has 0 unspecified atom stereocenters. The number of carbonyl (C=O) groups excluding carboxylic acids is 1. The van der Waals surface area contributed by atoms with Gasteiger partial charge in [0.1, 0.15) is 11.4 Å². The largest absolute Gasteiger partial charge is 0.339 e. The average molecular weight is 325 g/mol. The van der Waals surface area contributed by atoms with E-state index in [-0.39, 0.29) is 5.91 Å². The van der Waals surface area contributed by atoms with Gasteiger partial charge < -0.3 is 19.7 Å². The number of piperidine rings is 1. The maximum Gasteiger partial charge on any atom is 0.250 e. The summed E-state index contributed by atoms with van der Waals surface area (Å²) in [6.07, 6.45) is 5.39. The van der Waals surface area contributed by atoms with Crippen LogP contribution in [0, 0.1) is 0 Å². The van der Waals surface area contributed by atoms with Gasteiger partial charge in [0.2, 0.25) is 5.91 Å². The molecule has 1 N–H and O–H groups in total. The zero-order valence-electron chi connectivity index (χ0n) is 14.0. The first kappa shape index (κ1) is 15.2. The number of aromatic nitrogens is 2. The molecule has 0 saturated carbocycles. The van der Waals surface area contributed by atoms with Gasteiger partial charge in [-0.15, -0.1) is 0 Å². The van der Waals surface area contributed by atoms with E-state index >= 15 is 0 Å². The molecule has 126 valence electrons. The fourth-order valence-corrected chi connectivity index (χ4v) is 3.88. The molecular formula is C18H23N5O. The third-order valence-electron chi connectivity index (χ3n) is 5.27. The molecule has 1 aromatic carbocycles. The summed E-state index contributed by atoms with van der Waals surface area (Å²) in [5.74, 6) is 1.15. The number of anilines is 1. The highest BCUT2D eigenvalue weighted by Crippen LogP contribution is 2.38. The lowest BCUT2D eigenvalue weighted by Gasteiger charge is -2.40. The molecular weight excluding hydrogens is 302 g/mol. The van der Waals surface area contributed by atoms with Crippen molar-refractivity contribution >= 4 is 11.6 Å². The van der Waals surface area contributed by atoms with Crippen LogP contribution in [0.5, 0.6) is 0 Å². The van der Waals surface area contributed by atoms with Gasteiger partial charge >= 0.3 is 0 Å². The van der Waals surface area contributed by atoms with Gasteiger partial charge in [0, 0.05) is 25.1 Å². The van der Waals surface area contributed by atoms with E-state index < -0.39 is 5.54 Å². The van der Waals surface area contributed by atoms with Crippen molar-refractivity contribution in [3.8, 4) is 0 Å². The highest BCUT2D eigenvalue weighted by atomic mass is 16.2. The summed E-state index contributed by atoms with van der Waals surface area (Å²) in [4.78, 5) is 21.9. The van der Waals surface area contributed by atoms with Crippen LogP contribution in [-0.2, 0) is 18.4 Å². The van der Waals surface area contributed by atoms with Gasteiger partial charge in [0.05, 0.1) is 13.2 Å². The summed E-state index contributed by atoms with van der Waals surface area (Å²) >= 11 is 0. The fourth-order valence-electron chi connectivity index (χ4n) is 3.88. The lowest BCUT2D eigenvalue weighted by molar-refractivity contribution is -0.133. The van der Waals surface area contributed by atoms with Crippen molar-refractivity contribution in [2.24, 2.45) is 7.05 Å². The van der Waals surface area contributed by atoms with Crippen molar-refractivity contribution in [1.82, 2.24) is 19.8 Å². The quantitative estimate of drug-likeness (QED) is 0.925. The van der Waals surface area contributed by atoms with Crippen LogP contribution in [0.15, 0.2) is 42.7 Å². The molecule has 0 radical (unpaired) electrons. The molecule has 3 heterocycles. The molecule has 1 aromatic heterocycles. The normalized spacial score (nSPS) is 20.1. The number of hydrogen-bond acceptors (Lipinski definition) is 4. The maximum absolute atomic E-state index is 13.3. The number of amides is 1. The molecule has 2 aliphatic heterocycles. The van der Waals surface area contributed by atoms with Gasteiger partial charge in [-0.2, -0.15) is 0 Å².